The van der Waals surface area contributed by atoms with E-state index in [4.69, 9.17) is 4.98 Å². The maximum Gasteiger partial charge on any atom is 0.255 e. The van der Waals surface area contributed by atoms with Gasteiger partial charge in [0.2, 0.25) is 0 Å². The first-order valence-electron chi connectivity index (χ1n) is 12.6. The second-order valence-electron chi connectivity index (χ2n) is 9.75. The topological polar surface area (TPSA) is 71.1 Å². The van der Waals surface area contributed by atoms with E-state index in [9.17, 15) is 9.59 Å². The highest BCUT2D eigenvalue weighted by molar-refractivity contribution is 7.22. The van der Waals surface area contributed by atoms with Gasteiger partial charge in [-0.3, -0.25) is 9.59 Å². The van der Waals surface area contributed by atoms with Gasteiger partial charge >= 0.3 is 0 Å². The van der Waals surface area contributed by atoms with Crippen molar-refractivity contribution in [2.45, 2.75) is 52.5 Å². The van der Waals surface area contributed by atoms with Crippen molar-refractivity contribution in [3.63, 3.8) is 0 Å². The first-order chi connectivity index (χ1) is 17.5. The van der Waals surface area contributed by atoms with Crippen molar-refractivity contribution in [2.75, 3.05) is 11.9 Å². The lowest BCUT2D eigenvalue weighted by Gasteiger charge is -2.13. The third-order valence-corrected chi connectivity index (χ3v) is 8.78. The lowest BCUT2D eigenvalue weighted by atomic mass is 9.99. The van der Waals surface area contributed by atoms with Crippen molar-refractivity contribution in [1.29, 1.82) is 0 Å². The summed E-state index contributed by atoms with van der Waals surface area (Å²) in [6.07, 6.45) is 4.10. The average Bonchev–Trinajstić information content (AvgIpc) is 3.44. The van der Waals surface area contributed by atoms with E-state index in [0.717, 1.165) is 63.7 Å². The molecule has 0 saturated heterocycles. The Kier molecular flexibility index (Phi) is 7.60. The van der Waals surface area contributed by atoms with Crippen molar-refractivity contribution in [3.8, 4) is 10.6 Å². The zero-order valence-corrected chi connectivity index (χ0v) is 22.4. The largest absolute Gasteiger partial charge is 0.322 e. The molecule has 2 aromatic heterocycles. The van der Waals surface area contributed by atoms with Gasteiger partial charge < -0.3 is 10.6 Å². The highest BCUT2D eigenvalue weighted by Crippen LogP contribution is 2.42. The predicted molar refractivity (Wildman–Crippen MR) is 150 cm³/mol. The number of aromatic nitrogens is 1. The van der Waals surface area contributed by atoms with Crippen molar-refractivity contribution < 1.29 is 9.59 Å². The minimum atomic E-state index is -0.149. The van der Waals surface area contributed by atoms with Crippen LogP contribution in [0.5, 0.6) is 0 Å². The number of ketones is 1. The Bertz CT molecular complexity index is 1390. The van der Waals surface area contributed by atoms with Crippen molar-refractivity contribution >= 4 is 50.3 Å². The molecule has 186 valence electrons. The third kappa shape index (κ3) is 5.59. The highest BCUT2D eigenvalue weighted by atomic mass is 32.1. The van der Waals surface area contributed by atoms with E-state index in [2.05, 4.69) is 24.5 Å². The Morgan fingerprint density at radius 1 is 1.11 bits per heavy atom. The summed E-state index contributed by atoms with van der Waals surface area (Å²) in [5.74, 6) is 0.782. The summed E-state index contributed by atoms with van der Waals surface area (Å²) >= 11 is 3.41. The molecule has 5 rings (SSSR count). The number of rotatable bonds is 9. The van der Waals surface area contributed by atoms with E-state index in [1.807, 2.05) is 48.5 Å². The van der Waals surface area contributed by atoms with Gasteiger partial charge in [-0.25, -0.2) is 4.98 Å². The van der Waals surface area contributed by atoms with Gasteiger partial charge in [-0.05, 0) is 61.2 Å². The number of anilines is 1. The summed E-state index contributed by atoms with van der Waals surface area (Å²) in [5, 5.41) is 7.36. The number of para-hydroxylation sites is 1. The van der Waals surface area contributed by atoms with Crippen LogP contribution in [0.2, 0.25) is 0 Å². The number of Topliss-reactive ketones (excluding diaryl/α,β-unsaturated/α-hetero) is 1. The molecule has 36 heavy (non-hydrogen) atoms. The number of nitrogens with one attached hydrogen (secondary N) is 2. The summed E-state index contributed by atoms with van der Waals surface area (Å²) in [5.41, 5.74) is 4.66. The number of thiazole rings is 1. The fraction of sp³-hybridized carbons (Fsp3) is 0.345. The molecule has 1 aliphatic rings. The van der Waals surface area contributed by atoms with Crippen molar-refractivity contribution in [1.82, 2.24) is 10.3 Å². The van der Waals surface area contributed by atoms with E-state index in [1.54, 1.807) is 22.7 Å². The zero-order chi connectivity index (χ0) is 25.1. The summed E-state index contributed by atoms with van der Waals surface area (Å²) in [7, 11) is 0. The number of hydrogen-bond acceptors (Lipinski definition) is 6. The van der Waals surface area contributed by atoms with Crippen LogP contribution in [0.15, 0.2) is 48.5 Å². The van der Waals surface area contributed by atoms with Gasteiger partial charge in [0, 0.05) is 46.0 Å². The van der Waals surface area contributed by atoms with Crippen LogP contribution < -0.4 is 10.6 Å². The number of carbonyl (C=O) groups is 2. The SMILES string of the molecule is CC(C)CCCC(=O)Cc1sc2c(c1-c1nc3cc(C(=O)Nc4ccccc4)ccc3s1)CCNC2. The molecule has 0 saturated carbocycles. The van der Waals surface area contributed by atoms with Gasteiger partial charge in [0.1, 0.15) is 10.8 Å². The van der Waals surface area contributed by atoms with Gasteiger partial charge in [0.25, 0.3) is 5.91 Å². The molecule has 0 spiro atoms. The number of benzene rings is 2. The van der Waals surface area contributed by atoms with Crippen LogP contribution in [0.3, 0.4) is 0 Å². The van der Waals surface area contributed by atoms with Crippen LogP contribution in [0, 0.1) is 5.92 Å². The molecule has 2 N–H and O–H groups in total. The molecule has 4 aromatic rings. The van der Waals surface area contributed by atoms with Gasteiger partial charge in [-0.1, -0.05) is 38.5 Å². The Labute approximate surface area is 220 Å². The van der Waals surface area contributed by atoms with Crippen molar-refractivity contribution in [3.05, 3.63) is 69.4 Å². The third-order valence-electron chi connectivity index (χ3n) is 6.49. The van der Waals surface area contributed by atoms with Gasteiger partial charge in [0.15, 0.2) is 0 Å². The fourth-order valence-electron chi connectivity index (χ4n) is 4.64. The van der Waals surface area contributed by atoms with Crippen LogP contribution in [0.1, 0.15) is 58.8 Å². The number of thiophene rings is 1. The number of amides is 1. The highest BCUT2D eigenvalue weighted by Gasteiger charge is 2.25. The maximum atomic E-state index is 12.9. The molecule has 0 fully saturated rings. The van der Waals surface area contributed by atoms with E-state index >= 15 is 0 Å². The second kappa shape index (κ2) is 11.0. The Morgan fingerprint density at radius 2 is 1.94 bits per heavy atom. The molecule has 0 aliphatic carbocycles. The summed E-state index contributed by atoms with van der Waals surface area (Å²) in [6.45, 7) is 6.19. The molecule has 1 aliphatic heterocycles. The maximum absolute atomic E-state index is 12.9. The second-order valence-corrected chi connectivity index (χ2v) is 12.0. The van der Waals surface area contributed by atoms with E-state index in [0.29, 0.717) is 30.1 Å². The number of hydrogen-bond donors (Lipinski definition) is 2. The normalized spacial score (nSPS) is 13.2. The number of fused-ring (bicyclic) bond motifs is 2. The monoisotopic (exact) mass is 517 g/mol. The van der Waals surface area contributed by atoms with Crippen LogP contribution in [0.4, 0.5) is 5.69 Å². The molecule has 0 atom stereocenters. The summed E-state index contributed by atoms with van der Waals surface area (Å²) in [4.78, 5) is 33.1. The lowest BCUT2D eigenvalue weighted by molar-refractivity contribution is -0.118. The van der Waals surface area contributed by atoms with Gasteiger partial charge in [0.05, 0.1) is 10.2 Å². The number of nitrogens with zero attached hydrogens (tertiary/aromatic N) is 1. The molecule has 0 unspecified atom stereocenters. The van der Waals surface area contributed by atoms with E-state index < -0.39 is 0 Å². The molecular formula is C29H31N3O2S2. The molecular weight excluding hydrogens is 486 g/mol. The Morgan fingerprint density at radius 3 is 2.75 bits per heavy atom. The summed E-state index contributed by atoms with van der Waals surface area (Å²) in [6, 6.07) is 15.2. The van der Waals surface area contributed by atoms with Crippen LogP contribution >= 0.6 is 22.7 Å². The molecule has 5 nitrogen and oxygen atoms in total. The van der Waals surface area contributed by atoms with Gasteiger partial charge in [-0.15, -0.1) is 22.7 Å². The molecule has 0 radical (unpaired) electrons. The first-order valence-corrected chi connectivity index (χ1v) is 14.2. The molecule has 1 amide bonds. The molecule has 2 aromatic carbocycles. The molecule has 3 heterocycles. The zero-order valence-electron chi connectivity index (χ0n) is 20.7. The quantitative estimate of drug-likeness (QED) is 0.254. The lowest BCUT2D eigenvalue weighted by Crippen LogP contribution is -2.22. The minimum Gasteiger partial charge on any atom is -0.322 e. The molecule has 7 heteroatoms. The standard InChI is InChI=1S/C29H31N3O2S2/c1-18(2)7-6-10-21(33)16-25-27(22-13-14-30-17-26(22)35-25)29-32-23-15-19(11-12-24(23)36-29)28(34)31-20-8-4-3-5-9-20/h3-5,8-9,11-12,15,18,30H,6-7,10,13-14,16-17H2,1-2H3,(H,31,34). The number of carbonyl (C=O) groups excluding carboxylic acids is 2. The minimum absolute atomic E-state index is 0.149. The Hall–Kier alpha value is -2.87. The average molecular weight is 518 g/mol. The summed E-state index contributed by atoms with van der Waals surface area (Å²) < 4.78 is 1.05. The first kappa shape index (κ1) is 24.8. The molecule has 0 bridgehead atoms. The van der Waals surface area contributed by atoms with Crippen LogP contribution in [-0.2, 0) is 24.2 Å². The van der Waals surface area contributed by atoms with Crippen LogP contribution in [-0.4, -0.2) is 23.2 Å². The van der Waals surface area contributed by atoms with Crippen molar-refractivity contribution in [2.24, 2.45) is 5.92 Å². The fourth-order valence-corrected chi connectivity index (χ4v) is 7.10. The predicted octanol–water partition coefficient (Wildman–Crippen LogP) is 6.86. The van der Waals surface area contributed by atoms with E-state index in [1.165, 1.54) is 10.4 Å². The van der Waals surface area contributed by atoms with Gasteiger partial charge in [-0.2, -0.15) is 0 Å². The van der Waals surface area contributed by atoms with E-state index in [-0.39, 0.29) is 5.91 Å². The van der Waals surface area contributed by atoms with Crippen LogP contribution in [0.25, 0.3) is 20.8 Å². The Balaban J connectivity index is 1.43. The smallest absolute Gasteiger partial charge is 0.255 e.